The fraction of sp³-hybridized carbons (Fsp3) is 0.421. The van der Waals surface area contributed by atoms with E-state index in [4.69, 9.17) is 9.26 Å². The number of carbonyl (C=O) groups excluding carboxylic acids is 1. The molecule has 0 unspecified atom stereocenters. The number of nitrogens with one attached hydrogen (secondary N) is 2. The van der Waals surface area contributed by atoms with Crippen molar-refractivity contribution >= 4 is 33.5 Å². The third-order valence-electron chi connectivity index (χ3n) is 5.68. The third kappa shape index (κ3) is 3.54. The molecule has 1 aromatic heterocycles. The fourth-order valence-corrected chi connectivity index (χ4v) is 5.01. The monoisotopic (exact) mass is 435 g/mol. The molecule has 10 nitrogen and oxygen atoms in total. The Labute approximate surface area is 172 Å². The van der Waals surface area contributed by atoms with Gasteiger partial charge in [0.05, 0.1) is 34.6 Å². The maximum absolute atomic E-state index is 12.7. The van der Waals surface area contributed by atoms with Gasteiger partial charge in [-0.2, -0.15) is 0 Å². The van der Waals surface area contributed by atoms with Crippen LogP contribution in [0.3, 0.4) is 0 Å². The summed E-state index contributed by atoms with van der Waals surface area (Å²) in [6.45, 7) is 3.39. The van der Waals surface area contributed by atoms with E-state index in [0.29, 0.717) is 29.8 Å². The first-order chi connectivity index (χ1) is 14.2. The predicted molar refractivity (Wildman–Crippen MR) is 104 cm³/mol. The van der Waals surface area contributed by atoms with Crippen molar-refractivity contribution in [1.82, 2.24) is 5.16 Å². The van der Waals surface area contributed by atoms with E-state index < -0.39 is 45.9 Å². The molecule has 1 amide bonds. The first-order valence-electron chi connectivity index (χ1n) is 9.42. The van der Waals surface area contributed by atoms with Gasteiger partial charge in [-0.05, 0) is 51.0 Å². The number of carboxylic acids is 1. The Kier molecular flexibility index (Phi) is 5.02. The standard InChI is InChI=1S/C19H21N3O7S/c1-9-10(2)21-29-18(9)22-30(26,27)12-5-3-11(4-6-12)20-17(23)15-13-7-8-14(28-13)16(15)19(24)25/h3-6,13-16,22H,7-8H2,1-2H3,(H,20,23)(H,24,25)/t13-,14-,15-,16-/m1/s1. The number of benzene rings is 1. The maximum Gasteiger partial charge on any atom is 0.310 e. The van der Waals surface area contributed by atoms with Crippen LogP contribution in [0.5, 0.6) is 0 Å². The number of nitrogens with zero attached hydrogens (tertiary/aromatic N) is 1. The number of carboxylic acid groups (broad SMARTS) is 1. The van der Waals surface area contributed by atoms with Gasteiger partial charge in [-0.25, -0.2) is 13.1 Å². The van der Waals surface area contributed by atoms with Crippen molar-refractivity contribution in [2.75, 3.05) is 10.0 Å². The lowest BCUT2D eigenvalue weighted by molar-refractivity contribution is -0.147. The molecular formula is C19H21N3O7S. The van der Waals surface area contributed by atoms with Crippen LogP contribution >= 0.6 is 0 Å². The summed E-state index contributed by atoms with van der Waals surface area (Å²) in [6.07, 6.45) is 0.434. The van der Waals surface area contributed by atoms with Gasteiger partial charge in [0, 0.05) is 11.3 Å². The number of anilines is 2. The van der Waals surface area contributed by atoms with Crippen LogP contribution in [-0.2, 0) is 24.3 Å². The quantitative estimate of drug-likeness (QED) is 0.623. The van der Waals surface area contributed by atoms with E-state index in [2.05, 4.69) is 15.2 Å². The molecule has 0 saturated carbocycles. The average Bonchev–Trinajstić information content (AvgIpc) is 3.39. The Hall–Kier alpha value is -2.92. The molecule has 0 radical (unpaired) electrons. The van der Waals surface area contributed by atoms with Crippen LogP contribution in [0.1, 0.15) is 24.1 Å². The molecule has 0 aliphatic carbocycles. The third-order valence-corrected chi connectivity index (χ3v) is 7.02. The summed E-state index contributed by atoms with van der Waals surface area (Å²) in [6, 6.07) is 5.55. The zero-order valence-corrected chi connectivity index (χ0v) is 17.1. The summed E-state index contributed by atoms with van der Waals surface area (Å²) in [7, 11) is -3.90. The van der Waals surface area contributed by atoms with Crippen molar-refractivity contribution in [2.45, 2.75) is 43.8 Å². The van der Waals surface area contributed by atoms with Crippen LogP contribution in [0.15, 0.2) is 33.7 Å². The van der Waals surface area contributed by atoms with E-state index in [0.717, 1.165) is 0 Å². The van der Waals surface area contributed by atoms with Gasteiger partial charge in [-0.15, -0.1) is 0 Å². The van der Waals surface area contributed by atoms with Crippen LogP contribution in [0.25, 0.3) is 0 Å². The Balaban J connectivity index is 1.46. The molecule has 2 saturated heterocycles. The molecule has 2 aliphatic heterocycles. The molecule has 2 bridgehead atoms. The summed E-state index contributed by atoms with van der Waals surface area (Å²) < 4.78 is 38.0. The molecule has 2 aliphatic rings. The molecule has 1 aromatic carbocycles. The molecule has 160 valence electrons. The number of sulfonamides is 1. The highest BCUT2D eigenvalue weighted by molar-refractivity contribution is 7.92. The fourth-order valence-electron chi connectivity index (χ4n) is 3.96. The summed E-state index contributed by atoms with van der Waals surface area (Å²) in [5.74, 6) is -3.10. The van der Waals surface area contributed by atoms with Gasteiger partial charge in [0.25, 0.3) is 10.0 Å². The van der Waals surface area contributed by atoms with Crippen molar-refractivity contribution in [3.8, 4) is 0 Å². The first kappa shape index (κ1) is 20.4. The van der Waals surface area contributed by atoms with Gasteiger partial charge in [-0.1, -0.05) is 5.16 Å². The van der Waals surface area contributed by atoms with E-state index in [1.807, 2.05) is 0 Å². The minimum Gasteiger partial charge on any atom is -0.481 e. The smallest absolute Gasteiger partial charge is 0.310 e. The predicted octanol–water partition coefficient (Wildman–Crippen LogP) is 1.91. The second-order valence-electron chi connectivity index (χ2n) is 7.52. The van der Waals surface area contributed by atoms with Gasteiger partial charge in [-0.3, -0.25) is 9.59 Å². The average molecular weight is 435 g/mol. The van der Waals surface area contributed by atoms with Crippen LogP contribution in [0, 0.1) is 25.7 Å². The Morgan fingerprint density at radius 3 is 2.30 bits per heavy atom. The number of fused-ring (bicyclic) bond motifs is 2. The Morgan fingerprint density at radius 2 is 1.73 bits per heavy atom. The van der Waals surface area contributed by atoms with Gasteiger partial charge in [0.15, 0.2) is 0 Å². The highest BCUT2D eigenvalue weighted by Crippen LogP contribution is 2.44. The van der Waals surface area contributed by atoms with Crippen LogP contribution in [0.2, 0.25) is 0 Å². The van der Waals surface area contributed by atoms with Gasteiger partial charge >= 0.3 is 5.97 Å². The second kappa shape index (κ2) is 7.40. The second-order valence-corrected chi connectivity index (χ2v) is 9.20. The van der Waals surface area contributed by atoms with Crippen LogP contribution < -0.4 is 10.0 Å². The van der Waals surface area contributed by atoms with Crippen molar-refractivity contribution in [1.29, 1.82) is 0 Å². The van der Waals surface area contributed by atoms with Gasteiger partial charge < -0.3 is 19.7 Å². The summed E-state index contributed by atoms with van der Waals surface area (Å²) in [5, 5.41) is 15.8. The van der Waals surface area contributed by atoms with E-state index in [-0.39, 0.29) is 10.8 Å². The van der Waals surface area contributed by atoms with Crippen LogP contribution in [0.4, 0.5) is 11.6 Å². The molecule has 4 atom stereocenters. The van der Waals surface area contributed by atoms with E-state index in [1.54, 1.807) is 13.8 Å². The molecule has 3 heterocycles. The van der Waals surface area contributed by atoms with E-state index in [9.17, 15) is 23.1 Å². The SMILES string of the molecule is Cc1noc(NS(=O)(=O)c2ccc(NC(=O)[C@H]3[C@H](C(=O)O)[C@H]4CC[C@H]3O4)cc2)c1C. The number of hydrogen-bond acceptors (Lipinski definition) is 7. The number of hydrogen-bond donors (Lipinski definition) is 3. The first-order valence-corrected chi connectivity index (χ1v) is 10.9. The van der Waals surface area contributed by atoms with E-state index >= 15 is 0 Å². The zero-order chi connectivity index (χ0) is 21.6. The largest absolute Gasteiger partial charge is 0.481 e. The Morgan fingerprint density at radius 1 is 1.10 bits per heavy atom. The topological polar surface area (TPSA) is 148 Å². The molecule has 30 heavy (non-hydrogen) atoms. The van der Waals surface area contributed by atoms with Crippen molar-refractivity contribution in [2.24, 2.45) is 11.8 Å². The lowest BCUT2D eigenvalue weighted by Gasteiger charge is -2.23. The minimum atomic E-state index is -3.90. The molecule has 11 heteroatoms. The summed E-state index contributed by atoms with van der Waals surface area (Å²) in [5.41, 5.74) is 1.52. The molecule has 0 spiro atoms. The molecule has 2 aromatic rings. The summed E-state index contributed by atoms with van der Waals surface area (Å²) in [4.78, 5) is 24.2. The van der Waals surface area contributed by atoms with Gasteiger partial charge in [0.1, 0.15) is 0 Å². The molecule has 2 fully saturated rings. The van der Waals surface area contributed by atoms with Crippen molar-refractivity contribution < 1.29 is 32.4 Å². The van der Waals surface area contributed by atoms with E-state index in [1.165, 1.54) is 24.3 Å². The van der Waals surface area contributed by atoms with Crippen molar-refractivity contribution in [3.05, 3.63) is 35.5 Å². The van der Waals surface area contributed by atoms with Crippen molar-refractivity contribution in [3.63, 3.8) is 0 Å². The molecule has 3 N–H and O–H groups in total. The molecular weight excluding hydrogens is 414 g/mol. The normalized spacial score (nSPS) is 25.3. The number of amides is 1. The maximum atomic E-state index is 12.7. The number of aryl methyl sites for hydroxylation is 1. The highest BCUT2D eigenvalue weighted by Gasteiger charge is 2.55. The number of carbonyl (C=O) groups is 2. The number of ether oxygens (including phenoxy) is 1. The number of rotatable bonds is 6. The number of aliphatic carboxylic acids is 1. The highest BCUT2D eigenvalue weighted by atomic mass is 32.2. The minimum absolute atomic E-state index is 0.0272. The van der Waals surface area contributed by atoms with Gasteiger partial charge in [0.2, 0.25) is 11.8 Å². The molecule has 4 rings (SSSR count). The lowest BCUT2D eigenvalue weighted by Crippen LogP contribution is -2.40. The number of aromatic nitrogens is 1. The summed E-state index contributed by atoms with van der Waals surface area (Å²) >= 11 is 0. The lowest BCUT2D eigenvalue weighted by atomic mass is 9.78. The Bertz CT molecular complexity index is 1090. The van der Waals surface area contributed by atoms with Crippen LogP contribution in [-0.4, -0.2) is 42.8 Å². The zero-order valence-electron chi connectivity index (χ0n) is 16.3.